The minimum atomic E-state index is 0.756. The monoisotopic (exact) mass is 424 g/mol. The highest BCUT2D eigenvalue weighted by Crippen LogP contribution is 2.18. The topological polar surface area (TPSA) is 35.0 Å². The molecule has 1 aromatic heterocycles. The molecule has 0 aliphatic heterocycles. The van der Waals surface area contributed by atoms with Crippen molar-refractivity contribution in [3.63, 3.8) is 0 Å². The zero-order chi connectivity index (χ0) is 22.0. The zero-order valence-electron chi connectivity index (χ0n) is 20.1. The van der Waals surface area contributed by atoms with Crippen LogP contribution in [0.4, 0.5) is 0 Å². The van der Waals surface area contributed by atoms with Crippen molar-refractivity contribution >= 4 is 0 Å². The van der Waals surface area contributed by atoms with Gasteiger partial charge >= 0.3 is 0 Å². The molecule has 2 aromatic rings. The summed E-state index contributed by atoms with van der Waals surface area (Å²) < 4.78 is 5.83. The van der Waals surface area contributed by atoms with E-state index in [1.54, 1.807) is 12.4 Å². The number of aryl methyl sites for hydroxylation is 1. The molecule has 0 atom stereocenters. The van der Waals surface area contributed by atoms with Crippen molar-refractivity contribution in [1.29, 1.82) is 0 Å². The first-order valence-electron chi connectivity index (χ1n) is 12.9. The van der Waals surface area contributed by atoms with E-state index in [1.807, 2.05) is 0 Å². The summed E-state index contributed by atoms with van der Waals surface area (Å²) in [7, 11) is 0. The van der Waals surface area contributed by atoms with Gasteiger partial charge in [0.25, 0.3) is 0 Å². The quantitative estimate of drug-likeness (QED) is 0.225. The summed E-state index contributed by atoms with van der Waals surface area (Å²) in [5.41, 5.74) is 2.45. The fourth-order valence-corrected chi connectivity index (χ4v) is 3.87. The summed E-state index contributed by atoms with van der Waals surface area (Å²) in [6.45, 7) is 5.26. The Labute approximate surface area is 191 Å². The van der Waals surface area contributed by atoms with Crippen LogP contribution in [0.15, 0.2) is 36.7 Å². The number of aromatic nitrogens is 2. The molecule has 3 heteroatoms. The molecule has 0 spiro atoms. The number of ether oxygens (including phenoxy) is 1. The molecule has 172 valence electrons. The van der Waals surface area contributed by atoms with Gasteiger partial charge in [-0.15, -0.1) is 0 Å². The molecule has 0 fully saturated rings. The van der Waals surface area contributed by atoms with E-state index in [-0.39, 0.29) is 0 Å². The lowest BCUT2D eigenvalue weighted by Gasteiger charge is -2.07. The Balaban J connectivity index is 1.51. The molecule has 0 amide bonds. The third-order valence-corrected chi connectivity index (χ3v) is 5.93. The Bertz CT molecular complexity index is 666. The van der Waals surface area contributed by atoms with E-state index in [0.717, 1.165) is 36.6 Å². The van der Waals surface area contributed by atoms with Crippen LogP contribution in [0.1, 0.15) is 109 Å². The highest BCUT2D eigenvalue weighted by Gasteiger charge is 2.03. The van der Waals surface area contributed by atoms with Crippen LogP contribution in [-0.4, -0.2) is 16.6 Å². The fourth-order valence-electron chi connectivity index (χ4n) is 3.87. The predicted molar refractivity (Wildman–Crippen MR) is 133 cm³/mol. The Morgan fingerprint density at radius 1 is 0.613 bits per heavy atom. The highest BCUT2D eigenvalue weighted by atomic mass is 16.5. The van der Waals surface area contributed by atoms with Gasteiger partial charge in [-0.2, -0.15) is 0 Å². The molecule has 0 saturated carbocycles. The Kier molecular flexibility index (Phi) is 13.7. The first-order valence-corrected chi connectivity index (χ1v) is 12.9. The second-order valence-corrected chi connectivity index (χ2v) is 8.78. The molecule has 0 N–H and O–H groups in total. The van der Waals surface area contributed by atoms with Crippen molar-refractivity contribution in [2.75, 3.05) is 6.61 Å². The predicted octanol–water partition coefficient (Wildman–Crippen LogP) is 8.57. The van der Waals surface area contributed by atoms with Crippen LogP contribution in [0.5, 0.6) is 5.75 Å². The van der Waals surface area contributed by atoms with Gasteiger partial charge in [0, 0.05) is 5.56 Å². The number of hydrogen-bond acceptors (Lipinski definition) is 3. The standard InChI is InChI=1S/C28H44N2O/c1-3-5-7-8-9-10-11-12-13-14-15-16-22-31-27-23-29-28(30-24-27)26-20-18-25(19-21-26)17-6-4-2/h18-21,23-24H,3-17,22H2,1-2H3. The molecular weight excluding hydrogens is 380 g/mol. The van der Waals surface area contributed by atoms with Gasteiger partial charge in [0.15, 0.2) is 11.6 Å². The van der Waals surface area contributed by atoms with Crippen LogP contribution >= 0.6 is 0 Å². The number of rotatable bonds is 18. The smallest absolute Gasteiger partial charge is 0.159 e. The molecule has 0 bridgehead atoms. The van der Waals surface area contributed by atoms with Gasteiger partial charge in [0.2, 0.25) is 0 Å². The van der Waals surface area contributed by atoms with Crippen LogP contribution in [0, 0.1) is 0 Å². The van der Waals surface area contributed by atoms with Crippen LogP contribution in [0.25, 0.3) is 11.4 Å². The Morgan fingerprint density at radius 3 is 1.68 bits per heavy atom. The number of benzene rings is 1. The number of hydrogen-bond donors (Lipinski definition) is 0. The maximum atomic E-state index is 5.83. The van der Waals surface area contributed by atoms with Crippen molar-refractivity contribution in [3.05, 3.63) is 42.2 Å². The minimum Gasteiger partial charge on any atom is -0.490 e. The van der Waals surface area contributed by atoms with E-state index in [9.17, 15) is 0 Å². The van der Waals surface area contributed by atoms with Gasteiger partial charge < -0.3 is 4.74 Å². The van der Waals surface area contributed by atoms with E-state index in [1.165, 1.54) is 89.0 Å². The van der Waals surface area contributed by atoms with Gasteiger partial charge in [0.05, 0.1) is 19.0 Å². The van der Waals surface area contributed by atoms with Crippen molar-refractivity contribution in [2.45, 2.75) is 110 Å². The van der Waals surface area contributed by atoms with E-state index < -0.39 is 0 Å². The third kappa shape index (κ3) is 11.3. The van der Waals surface area contributed by atoms with Crippen LogP contribution in [-0.2, 0) is 6.42 Å². The second-order valence-electron chi connectivity index (χ2n) is 8.78. The SMILES string of the molecule is CCCCCCCCCCCCCCOc1cnc(-c2ccc(CCCC)cc2)nc1. The van der Waals surface area contributed by atoms with Gasteiger partial charge in [-0.3, -0.25) is 0 Å². The van der Waals surface area contributed by atoms with Gasteiger partial charge in [0.1, 0.15) is 0 Å². The van der Waals surface area contributed by atoms with Crippen molar-refractivity contribution in [2.24, 2.45) is 0 Å². The van der Waals surface area contributed by atoms with E-state index >= 15 is 0 Å². The van der Waals surface area contributed by atoms with Crippen molar-refractivity contribution in [1.82, 2.24) is 9.97 Å². The average molecular weight is 425 g/mol. The summed E-state index contributed by atoms with van der Waals surface area (Å²) in [5, 5.41) is 0. The summed E-state index contributed by atoms with van der Waals surface area (Å²) in [4.78, 5) is 8.97. The highest BCUT2D eigenvalue weighted by molar-refractivity contribution is 5.55. The molecule has 0 radical (unpaired) electrons. The van der Waals surface area contributed by atoms with Crippen molar-refractivity contribution in [3.8, 4) is 17.1 Å². The molecule has 0 unspecified atom stereocenters. The maximum Gasteiger partial charge on any atom is 0.159 e. The summed E-state index contributed by atoms with van der Waals surface area (Å²) >= 11 is 0. The molecule has 0 aliphatic carbocycles. The van der Waals surface area contributed by atoms with Gasteiger partial charge in [-0.1, -0.05) is 115 Å². The minimum absolute atomic E-state index is 0.756. The molecule has 31 heavy (non-hydrogen) atoms. The fraction of sp³-hybridized carbons (Fsp3) is 0.643. The number of nitrogens with zero attached hydrogens (tertiary/aromatic N) is 2. The molecule has 1 heterocycles. The van der Waals surface area contributed by atoms with Crippen LogP contribution in [0.3, 0.4) is 0 Å². The van der Waals surface area contributed by atoms with E-state index in [0.29, 0.717) is 0 Å². The lowest BCUT2D eigenvalue weighted by Crippen LogP contribution is -1.99. The largest absolute Gasteiger partial charge is 0.490 e. The van der Waals surface area contributed by atoms with Gasteiger partial charge in [-0.05, 0) is 24.8 Å². The first kappa shape index (κ1) is 25.4. The molecule has 2 rings (SSSR count). The second kappa shape index (κ2) is 16.8. The third-order valence-electron chi connectivity index (χ3n) is 5.93. The summed E-state index contributed by atoms with van der Waals surface area (Å²) in [5.74, 6) is 1.53. The van der Waals surface area contributed by atoms with E-state index in [4.69, 9.17) is 4.74 Å². The van der Waals surface area contributed by atoms with Crippen LogP contribution in [0.2, 0.25) is 0 Å². The Hall–Kier alpha value is -1.90. The van der Waals surface area contributed by atoms with E-state index in [2.05, 4.69) is 48.1 Å². The average Bonchev–Trinajstić information content (AvgIpc) is 2.81. The number of unbranched alkanes of at least 4 members (excludes halogenated alkanes) is 12. The Morgan fingerprint density at radius 2 is 1.13 bits per heavy atom. The molecule has 0 saturated heterocycles. The summed E-state index contributed by atoms with van der Waals surface area (Å²) in [6, 6.07) is 8.61. The first-order chi connectivity index (χ1) is 15.3. The molecule has 3 nitrogen and oxygen atoms in total. The maximum absolute atomic E-state index is 5.83. The van der Waals surface area contributed by atoms with Gasteiger partial charge in [-0.25, -0.2) is 9.97 Å². The lowest BCUT2D eigenvalue weighted by molar-refractivity contribution is 0.302. The normalized spacial score (nSPS) is 11.0. The molecule has 0 aliphatic rings. The molecule has 1 aromatic carbocycles. The summed E-state index contributed by atoms with van der Waals surface area (Å²) in [6.07, 6.45) is 23.5. The van der Waals surface area contributed by atoms with Crippen LogP contribution < -0.4 is 4.74 Å². The zero-order valence-corrected chi connectivity index (χ0v) is 20.1. The lowest BCUT2D eigenvalue weighted by atomic mass is 10.1. The molecular formula is C28H44N2O. The van der Waals surface area contributed by atoms with Crippen molar-refractivity contribution < 1.29 is 4.74 Å².